The number of ether oxygens (including phenoxy) is 1. The molecule has 234 valence electrons. The molecule has 0 amide bonds. The molecule has 4 aromatic rings. The largest absolute Gasteiger partial charge is 0.508 e. The van der Waals surface area contributed by atoms with Gasteiger partial charge in [-0.15, -0.1) is 6.42 Å². The molecule has 1 aliphatic carbocycles. The zero-order valence-corrected chi connectivity index (χ0v) is 24.9. The van der Waals surface area contributed by atoms with Gasteiger partial charge in [-0.3, -0.25) is 4.98 Å². The second-order valence-electron chi connectivity index (χ2n) is 12.8. The number of aromatic hydroxyl groups is 1. The van der Waals surface area contributed by atoms with Crippen LogP contribution >= 0.6 is 0 Å². The van der Waals surface area contributed by atoms with Crippen molar-refractivity contribution in [2.24, 2.45) is 5.41 Å². The third-order valence-electron chi connectivity index (χ3n) is 9.07. The van der Waals surface area contributed by atoms with Crippen molar-refractivity contribution in [2.75, 3.05) is 45.2 Å². The third-order valence-corrected chi connectivity index (χ3v) is 9.07. The van der Waals surface area contributed by atoms with Gasteiger partial charge in [0.15, 0.2) is 0 Å². The molecule has 2 bridgehead atoms. The number of rotatable bonds is 7. The van der Waals surface area contributed by atoms with Gasteiger partial charge >= 0.3 is 12.2 Å². The summed E-state index contributed by atoms with van der Waals surface area (Å²) in [4.78, 5) is 17.4. The van der Waals surface area contributed by atoms with Crippen LogP contribution in [0.15, 0.2) is 30.5 Å². The summed E-state index contributed by atoms with van der Waals surface area (Å²) in [5, 5.41) is 14.5. The zero-order valence-electron chi connectivity index (χ0n) is 24.9. The van der Waals surface area contributed by atoms with E-state index in [0.29, 0.717) is 18.9 Å². The second-order valence-corrected chi connectivity index (χ2v) is 12.8. The molecule has 2 atom stereocenters. The number of piperazine rings is 1. The fourth-order valence-corrected chi connectivity index (χ4v) is 6.97. The predicted octanol–water partition coefficient (Wildman–Crippen LogP) is 5.35. The average molecular weight is 621 g/mol. The van der Waals surface area contributed by atoms with Crippen LogP contribution in [0.5, 0.6) is 11.8 Å². The van der Waals surface area contributed by atoms with Gasteiger partial charge in [0, 0.05) is 54.3 Å². The van der Waals surface area contributed by atoms with E-state index < -0.39 is 23.3 Å². The summed E-state index contributed by atoms with van der Waals surface area (Å²) >= 11 is 0. The van der Waals surface area contributed by atoms with Gasteiger partial charge in [0.25, 0.3) is 0 Å². The van der Waals surface area contributed by atoms with E-state index in [2.05, 4.69) is 31.1 Å². The molecule has 4 heterocycles. The topological polar surface area (TPSA) is 86.6 Å². The van der Waals surface area contributed by atoms with Crippen LogP contribution < -0.4 is 15.0 Å². The van der Waals surface area contributed by atoms with Crippen LogP contribution in [-0.4, -0.2) is 77.4 Å². The molecule has 2 N–H and O–H groups in total. The summed E-state index contributed by atoms with van der Waals surface area (Å²) in [6.45, 7) is 2.18. The zero-order chi connectivity index (χ0) is 31.7. The van der Waals surface area contributed by atoms with Crippen LogP contribution in [0.3, 0.4) is 0 Å². The lowest BCUT2D eigenvalue weighted by Gasteiger charge is -2.34. The molecule has 3 fully saturated rings. The number of pyridine rings is 1. The Bertz CT molecular complexity index is 1860. The Hall–Kier alpha value is -4.21. The fraction of sp³-hybridized carbons (Fsp3) is 0.424. The molecule has 3 aliphatic rings. The number of halogens is 4. The van der Waals surface area contributed by atoms with Crippen LogP contribution in [0.4, 0.5) is 23.4 Å². The molecule has 8 nitrogen and oxygen atoms in total. The number of hydrogen-bond acceptors (Lipinski definition) is 8. The van der Waals surface area contributed by atoms with Crippen molar-refractivity contribution >= 4 is 27.5 Å². The Morgan fingerprint density at radius 3 is 2.53 bits per heavy atom. The van der Waals surface area contributed by atoms with Gasteiger partial charge in [-0.2, -0.15) is 23.1 Å². The lowest BCUT2D eigenvalue weighted by Crippen LogP contribution is -2.51. The van der Waals surface area contributed by atoms with Gasteiger partial charge in [0.05, 0.1) is 28.8 Å². The van der Waals surface area contributed by atoms with Gasteiger partial charge in [0.1, 0.15) is 22.9 Å². The van der Waals surface area contributed by atoms with Crippen LogP contribution in [-0.2, 0) is 6.18 Å². The molecule has 2 unspecified atom stereocenters. The van der Waals surface area contributed by atoms with E-state index in [1.54, 1.807) is 0 Å². The van der Waals surface area contributed by atoms with E-state index in [0.717, 1.165) is 44.4 Å². The molecular weight excluding hydrogens is 588 g/mol. The minimum absolute atomic E-state index is 0.0384. The van der Waals surface area contributed by atoms with Gasteiger partial charge in [-0.1, -0.05) is 12.0 Å². The Labute approximate surface area is 257 Å². The Morgan fingerprint density at radius 1 is 1.16 bits per heavy atom. The number of phenols is 1. The average Bonchev–Trinajstić information content (AvgIpc) is 3.66. The molecule has 2 aromatic carbocycles. The van der Waals surface area contributed by atoms with E-state index in [-0.39, 0.29) is 68.7 Å². The van der Waals surface area contributed by atoms with E-state index in [9.17, 15) is 9.50 Å². The van der Waals surface area contributed by atoms with Crippen molar-refractivity contribution in [1.29, 1.82) is 0 Å². The summed E-state index contributed by atoms with van der Waals surface area (Å²) in [7, 11) is 3.94. The van der Waals surface area contributed by atoms with E-state index in [1.807, 2.05) is 19.0 Å². The highest BCUT2D eigenvalue weighted by Crippen LogP contribution is 2.48. The number of hydrogen-bond donors (Lipinski definition) is 2. The van der Waals surface area contributed by atoms with Crippen molar-refractivity contribution in [3.8, 4) is 35.4 Å². The van der Waals surface area contributed by atoms with Crippen LogP contribution in [0.25, 0.3) is 32.9 Å². The molecule has 2 aromatic heterocycles. The summed E-state index contributed by atoms with van der Waals surface area (Å²) in [5.41, 5.74) is -2.54. The third kappa shape index (κ3) is 5.38. The minimum Gasteiger partial charge on any atom is -0.508 e. The first-order valence-corrected chi connectivity index (χ1v) is 14.9. The molecule has 0 spiro atoms. The molecule has 2 saturated heterocycles. The van der Waals surface area contributed by atoms with Crippen LogP contribution in [0, 0.1) is 23.6 Å². The normalized spacial score (nSPS) is 20.6. The maximum absolute atomic E-state index is 15.2. The van der Waals surface area contributed by atoms with Crippen molar-refractivity contribution in [3.63, 3.8) is 0 Å². The molecule has 0 radical (unpaired) electrons. The van der Waals surface area contributed by atoms with Gasteiger partial charge in [-0.25, -0.2) is 4.39 Å². The molecule has 45 heavy (non-hydrogen) atoms. The van der Waals surface area contributed by atoms with Crippen molar-refractivity contribution in [3.05, 3.63) is 47.4 Å². The lowest BCUT2D eigenvalue weighted by molar-refractivity contribution is -0.136. The summed E-state index contributed by atoms with van der Waals surface area (Å²) in [6, 6.07) is 5.15. The van der Waals surface area contributed by atoms with Crippen molar-refractivity contribution in [2.45, 2.75) is 43.9 Å². The second kappa shape index (κ2) is 10.7. The Kier molecular flexibility index (Phi) is 7.02. The van der Waals surface area contributed by atoms with Crippen molar-refractivity contribution in [1.82, 2.24) is 25.2 Å². The fourth-order valence-electron chi connectivity index (χ4n) is 6.97. The number of alkyl halides is 3. The number of aromatic nitrogens is 3. The highest BCUT2D eigenvalue weighted by molar-refractivity contribution is 6.04. The van der Waals surface area contributed by atoms with Gasteiger partial charge in [-0.05, 0) is 63.4 Å². The number of benzene rings is 2. The van der Waals surface area contributed by atoms with Crippen LogP contribution in [0.2, 0.25) is 0 Å². The lowest BCUT2D eigenvalue weighted by atomic mass is 9.93. The molecule has 12 heteroatoms. The number of terminal acetylenes is 1. The van der Waals surface area contributed by atoms with Gasteiger partial charge < -0.3 is 25.0 Å². The van der Waals surface area contributed by atoms with Gasteiger partial charge in [0.2, 0.25) is 0 Å². The summed E-state index contributed by atoms with van der Waals surface area (Å²) in [5.74, 6) is 1.50. The number of nitrogens with zero attached hydrogens (tertiary/aromatic N) is 5. The SMILES string of the molecule is C#Cc1c(F)ccc2cc(O)cc(-c3ncc4c(N5CC6CCC(C5)N6)nc(OCC5(CN(C)C)CC5)nc4c3C(F)(F)F)c12. The smallest absolute Gasteiger partial charge is 0.420 e. The maximum Gasteiger partial charge on any atom is 0.420 e. The minimum atomic E-state index is -4.95. The van der Waals surface area contributed by atoms with Crippen molar-refractivity contribution < 1.29 is 27.4 Å². The Balaban J connectivity index is 1.46. The predicted molar refractivity (Wildman–Crippen MR) is 163 cm³/mol. The standard InChI is InChI=1S/C33H32F4N6O2/c1-4-22-25(34)8-5-18-11-21(44)12-23(26(18)22)28-27(33(35,36)37)29-24(13-38-28)30(43-14-19-6-7-20(15-43)39-19)41-31(40-29)45-17-32(9-10-32)16-42(2)3/h1,5,8,11-13,19-20,39,44H,6-7,9-10,14-17H2,2-3H3. The van der Waals surface area contributed by atoms with E-state index in [4.69, 9.17) is 11.2 Å². The highest BCUT2D eigenvalue weighted by Gasteiger charge is 2.45. The van der Waals surface area contributed by atoms with E-state index in [1.165, 1.54) is 18.3 Å². The van der Waals surface area contributed by atoms with Crippen LogP contribution in [0.1, 0.15) is 36.8 Å². The summed E-state index contributed by atoms with van der Waals surface area (Å²) < 4.78 is 66.7. The number of fused-ring (bicyclic) bond motifs is 4. The summed E-state index contributed by atoms with van der Waals surface area (Å²) in [6.07, 6.45) is 5.81. The number of phenolic OH excluding ortho intramolecular Hbond substituents is 1. The quantitative estimate of drug-likeness (QED) is 0.211. The molecular formula is C33H32F4N6O2. The number of anilines is 1. The molecule has 1 saturated carbocycles. The van der Waals surface area contributed by atoms with E-state index >= 15 is 13.2 Å². The Morgan fingerprint density at radius 2 is 1.89 bits per heavy atom. The maximum atomic E-state index is 15.2. The monoisotopic (exact) mass is 620 g/mol. The molecule has 2 aliphatic heterocycles. The highest BCUT2D eigenvalue weighted by atomic mass is 19.4. The molecule has 7 rings (SSSR count). The first-order chi connectivity index (χ1) is 21.4. The number of nitrogens with one attached hydrogen (secondary N) is 1. The first kappa shape index (κ1) is 29.5. The first-order valence-electron chi connectivity index (χ1n) is 14.9.